The van der Waals surface area contributed by atoms with E-state index >= 15 is 0 Å². The molecule has 0 saturated carbocycles. The second kappa shape index (κ2) is 37.8. The van der Waals surface area contributed by atoms with Gasteiger partial charge in [-0.2, -0.15) is 0 Å². The molecule has 0 bridgehead atoms. The van der Waals surface area contributed by atoms with Gasteiger partial charge in [-0.25, -0.2) is 0 Å². The summed E-state index contributed by atoms with van der Waals surface area (Å²) in [5.74, 6) is -0.617. The predicted molar refractivity (Wildman–Crippen MR) is 200 cm³/mol. The highest BCUT2D eigenvalue weighted by Crippen LogP contribution is 2.09. The fourth-order valence-corrected chi connectivity index (χ4v) is 3.55. The Bertz CT molecular complexity index is 965. The number of rotatable bonds is 17. The van der Waals surface area contributed by atoms with Crippen LogP contribution in [-0.4, -0.2) is 81.6 Å². The molecule has 1 heterocycles. The summed E-state index contributed by atoms with van der Waals surface area (Å²) in [4.78, 5) is 56.3. The molecule has 0 fully saturated rings. The second-order valence-corrected chi connectivity index (χ2v) is 10.2. The number of hydrogen-bond donors (Lipinski definition) is 4. The summed E-state index contributed by atoms with van der Waals surface area (Å²) in [5, 5.41) is 8.59. The second-order valence-electron chi connectivity index (χ2n) is 10.2. The van der Waals surface area contributed by atoms with Crippen molar-refractivity contribution in [1.82, 2.24) is 15.5 Å². The number of nitrogens with one attached hydrogen (secondary N) is 3. The fraction of sp³-hybridized carbons (Fsp3) is 0.595. The zero-order valence-electron chi connectivity index (χ0n) is 31.5. The Morgan fingerprint density at radius 1 is 0.938 bits per heavy atom. The lowest BCUT2D eigenvalue weighted by Crippen LogP contribution is -2.39. The van der Waals surface area contributed by atoms with E-state index in [9.17, 15) is 24.0 Å². The number of unbranched alkanes of at least 4 members (excludes halogenated alkanes) is 2. The van der Waals surface area contributed by atoms with Crippen LogP contribution in [0, 0.1) is 5.92 Å². The maximum Gasteiger partial charge on any atom is 0.253 e. The third-order valence-corrected chi connectivity index (χ3v) is 6.19. The van der Waals surface area contributed by atoms with Crippen molar-refractivity contribution in [2.24, 2.45) is 11.7 Å². The van der Waals surface area contributed by atoms with E-state index in [-0.39, 0.29) is 29.7 Å². The summed E-state index contributed by atoms with van der Waals surface area (Å²) in [7, 11) is 5.38. The number of benzene rings is 1. The summed E-state index contributed by atoms with van der Waals surface area (Å²) < 4.78 is 4.98. The van der Waals surface area contributed by atoms with Gasteiger partial charge in [0.1, 0.15) is 12.6 Å². The van der Waals surface area contributed by atoms with Crippen LogP contribution in [0.25, 0.3) is 0 Å². The van der Waals surface area contributed by atoms with Gasteiger partial charge in [0.2, 0.25) is 5.91 Å². The Hall–Kier alpha value is -3.67. The number of ether oxygens (including phenoxy) is 1. The lowest BCUT2D eigenvalue weighted by atomic mass is 10.1. The van der Waals surface area contributed by atoms with E-state index in [0.29, 0.717) is 39.0 Å². The molecular weight excluding hydrogens is 610 g/mol. The Morgan fingerprint density at radius 3 is 1.88 bits per heavy atom. The average molecular weight is 678 g/mol. The molecular formula is C37H67N5O6. The minimum absolute atomic E-state index is 0.00597. The van der Waals surface area contributed by atoms with E-state index in [2.05, 4.69) is 34.7 Å². The van der Waals surface area contributed by atoms with E-state index in [1.807, 2.05) is 67.6 Å². The first-order valence-corrected chi connectivity index (χ1v) is 17.0. The van der Waals surface area contributed by atoms with Gasteiger partial charge in [0.25, 0.3) is 11.8 Å². The third kappa shape index (κ3) is 28.5. The zero-order chi connectivity index (χ0) is 37.8. The number of anilines is 1. The minimum Gasteiger partial charge on any atom is -0.388 e. The normalized spacial score (nSPS) is 12.0. The highest BCUT2D eigenvalue weighted by Gasteiger charge is 2.22. The van der Waals surface area contributed by atoms with Crippen LogP contribution >= 0.6 is 0 Å². The summed E-state index contributed by atoms with van der Waals surface area (Å²) in [6.07, 6.45) is 10.1. The molecule has 0 saturated heterocycles. The van der Waals surface area contributed by atoms with E-state index in [4.69, 9.17) is 10.5 Å². The molecule has 11 heteroatoms. The first-order chi connectivity index (χ1) is 23.1. The molecule has 0 aliphatic carbocycles. The molecule has 1 aromatic rings. The van der Waals surface area contributed by atoms with Gasteiger partial charge in [0.05, 0.1) is 18.7 Å². The van der Waals surface area contributed by atoms with Gasteiger partial charge in [-0.3, -0.25) is 19.3 Å². The molecule has 3 amide bonds. The molecule has 276 valence electrons. The van der Waals surface area contributed by atoms with Gasteiger partial charge in [-0.15, -0.1) is 6.58 Å². The highest BCUT2D eigenvalue weighted by atomic mass is 16.5. The SMILES string of the molecule is C=CC.CC.CC.CC(C)C(C=O)NC(=O)CCCCCN1C(=O)C=CC1=O.CNC(C=O)CCCN.CNc1ccc(COC)cc1. The number of allylic oxidation sites excluding steroid dienone is 1. The first kappa shape index (κ1) is 51.2. The molecule has 0 radical (unpaired) electrons. The fourth-order valence-electron chi connectivity index (χ4n) is 3.55. The number of nitrogens with two attached hydrogens (primary N) is 1. The summed E-state index contributed by atoms with van der Waals surface area (Å²) >= 11 is 0. The smallest absolute Gasteiger partial charge is 0.253 e. The predicted octanol–water partition coefficient (Wildman–Crippen LogP) is 5.44. The van der Waals surface area contributed by atoms with Gasteiger partial charge in [-0.1, -0.05) is 66.2 Å². The molecule has 1 aliphatic heterocycles. The van der Waals surface area contributed by atoms with Gasteiger partial charge < -0.3 is 36.0 Å². The maximum atomic E-state index is 11.6. The molecule has 1 aliphatic rings. The highest BCUT2D eigenvalue weighted by molar-refractivity contribution is 6.12. The van der Waals surface area contributed by atoms with Crippen LogP contribution in [0.15, 0.2) is 49.1 Å². The van der Waals surface area contributed by atoms with E-state index in [1.165, 1.54) is 22.6 Å². The lowest BCUT2D eigenvalue weighted by molar-refractivity contribution is -0.137. The van der Waals surface area contributed by atoms with Crippen molar-refractivity contribution in [3.63, 3.8) is 0 Å². The van der Waals surface area contributed by atoms with Gasteiger partial charge in [0, 0.05) is 45.0 Å². The molecule has 0 aromatic heterocycles. The molecule has 5 N–H and O–H groups in total. The number of amides is 3. The Kier molecular flexibility index (Phi) is 40.3. The number of imide groups is 1. The standard InChI is InChI=1S/C15H22N2O4.C9H13NO.C6H14N2O.C3H6.2C2H6/c1-11(2)12(10-18)16-13(19)6-4-3-5-9-17-14(20)7-8-15(17)21;1-10-9-5-3-8(4-6-9)7-11-2;1-8-6(5-9)3-2-4-7;1-3-2;2*1-2/h7-8,10-12H,3-6,9H2,1-2H3,(H,16,19);3-6,10H,7H2,1-2H3;5-6,8H,2-4,7H2,1H3;3H,1H2,2H3;2*1-2H3. The molecule has 1 aromatic carbocycles. The van der Waals surface area contributed by atoms with Gasteiger partial charge >= 0.3 is 0 Å². The van der Waals surface area contributed by atoms with Crippen LogP contribution in [0.2, 0.25) is 0 Å². The number of hydrogen-bond acceptors (Lipinski definition) is 9. The van der Waals surface area contributed by atoms with Crippen molar-refractivity contribution in [1.29, 1.82) is 0 Å². The van der Waals surface area contributed by atoms with Crippen molar-refractivity contribution >= 4 is 36.0 Å². The van der Waals surface area contributed by atoms with Crippen molar-refractivity contribution in [2.75, 3.05) is 39.6 Å². The number of nitrogens with zero attached hydrogens (tertiary/aromatic N) is 1. The quantitative estimate of drug-likeness (QED) is 0.0728. The van der Waals surface area contributed by atoms with Crippen LogP contribution in [0.5, 0.6) is 0 Å². The molecule has 2 unspecified atom stereocenters. The number of aldehydes is 2. The zero-order valence-corrected chi connectivity index (χ0v) is 31.5. The van der Waals surface area contributed by atoms with Crippen LogP contribution in [-0.2, 0) is 35.3 Å². The van der Waals surface area contributed by atoms with E-state index in [1.54, 1.807) is 20.2 Å². The third-order valence-electron chi connectivity index (χ3n) is 6.19. The lowest BCUT2D eigenvalue weighted by Gasteiger charge is -2.16. The summed E-state index contributed by atoms with van der Waals surface area (Å²) in [6, 6.07) is 7.73. The molecule has 2 rings (SSSR count). The topological polar surface area (TPSA) is 160 Å². The maximum absolute atomic E-state index is 11.6. The van der Waals surface area contributed by atoms with Crippen LogP contribution in [0.4, 0.5) is 5.69 Å². The van der Waals surface area contributed by atoms with E-state index < -0.39 is 6.04 Å². The molecule has 2 atom stereocenters. The first-order valence-electron chi connectivity index (χ1n) is 17.0. The summed E-state index contributed by atoms with van der Waals surface area (Å²) in [6.45, 7) is 18.7. The van der Waals surface area contributed by atoms with Gasteiger partial charge in [0.15, 0.2) is 0 Å². The van der Waals surface area contributed by atoms with Gasteiger partial charge in [-0.05, 0) is 69.8 Å². The van der Waals surface area contributed by atoms with Crippen molar-refractivity contribution in [2.45, 2.75) is 106 Å². The van der Waals surface area contributed by atoms with Crippen LogP contribution in [0.1, 0.15) is 92.6 Å². The number of carbonyl (C=O) groups excluding carboxylic acids is 5. The average Bonchev–Trinajstić information content (AvgIpc) is 3.43. The van der Waals surface area contributed by atoms with Crippen LogP contribution < -0.4 is 21.7 Å². The van der Waals surface area contributed by atoms with E-state index in [0.717, 1.165) is 37.5 Å². The number of likely N-dealkylation sites (N-methyl/N-ethyl adjacent to an activating group) is 1. The van der Waals surface area contributed by atoms with Crippen LogP contribution in [0.3, 0.4) is 0 Å². The molecule has 11 nitrogen and oxygen atoms in total. The Labute approximate surface area is 291 Å². The Balaban J connectivity index is -0.000000301. The monoisotopic (exact) mass is 678 g/mol. The largest absolute Gasteiger partial charge is 0.388 e. The number of methoxy groups -OCH3 is 1. The number of carbonyl (C=O) groups is 5. The molecule has 0 spiro atoms. The Morgan fingerprint density at radius 2 is 1.48 bits per heavy atom. The summed E-state index contributed by atoms with van der Waals surface area (Å²) in [5.41, 5.74) is 7.57. The van der Waals surface area contributed by atoms with Crippen molar-refractivity contribution in [3.05, 3.63) is 54.6 Å². The molecule has 48 heavy (non-hydrogen) atoms. The minimum atomic E-state index is -0.441. The van der Waals surface area contributed by atoms with Crippen molar-refractivity contribution in [3.8, 4) is 0 Å². The van der Waals surface area contributed by atoms with Crippen molar-refractivity contribution < 1.29 is 28.7 Å².